The number of rotatable bonds is 2. The Morgan fingerprint density at radius 3 is 2.94 bits per heavy atom. The Hall–Kier alpha value is -0.650. The summed E-state index contributed by atoms with van der Waals surface area (Å²) in [4.78, 5) is 0. The van der Waals surface area contributed by atoms with Crippen LogP contribution in [-0.4, -0.2) is 26.8 Å². The monoisotopic (exact) mass is 303 g/mol. The molecule has 0 bridgehead atoms. The van der Waals surface area contributed by atoms with Crippen LogP contribution in [-0.2, 0) is 4.74 Å². The summed E-state index contributed by atoms with van der Waals surface area (Å²) in [6, 6.07) is 1.73. The average Bonchev–Trinajstić information content (AvgIpc) is 2.36. The van der Waals surface area contributed by atoms with Crippen molar-refractivity contribution < 1.29 is 13.9 Å². The van der Waals surface area contributed by atoms with E-state index in [0.717, 1.165) is 12.1 Å². The fourth-order valence-electron chi connectivity index (χ4n) is 2.04. The summed E-state index contributed by atoms with van der Waals surface area (Å²) in [5.41, 5.74) is 1.39. The van der Waals surface area contributed by atoms with Gasteiger partial charge in [0.1, 0.15) is 11.6 Å². The van der Waals surface area contributed by atoms with Gasteiger partial charge in [-0.3, -0.25) is 0 Å². The number of halogens is 2. The highest BCUT2D eigenvalue weighted by Crippen LogP contribution is 2.36. The summed E-state index contributed by atoms with van der Waals surface area (Å²) in [5.74, 6) is 0.286. The van der Waals surface area contributed by atoms with Crippen molar-refractivity contribution in [2.75, 3.05) is 26.8 Å². The van der Waals surface area contributed by atoms with Crippen LogP contribution in [0.15, 0.2) is 10.5 Å². The van der Waals surface area contributed by atoms with Crippen LogP contribution in [0.2, 0.25) is 0 Å². The van der Waals surface area contributed by atoms with E-state index in [-0.39, 0.29) is 11.9 Å². The third-order valence-corrected chi connectivity index (χ3v) is 3.48. The second kappa shape index (κ2) is 5.33. The number of ether oxygens (including phenoxy) is 2. The van der Waals surface area contributed by atoms with Crippen LogP contribution in [0.4, 0.5) is 4.39 Å². The first kappa shape index (κ1) is 12.8. The summed E-state index contributed by atoms with van der Waals surface area (Å²) in [6.07, 6.45) is -0.0886. The number of hydrogen-bond acceptors (Lipinski definition) is 3. The molecule has 94 valence electrons. The summed E-state index contributed by atoms with van der Waals surface area (Å²) >= 11 is 3.22. The number of hydrogen-bond donors (Lipinski definition) is 1. The van der Waals surface area contributed by atoms with E-state index in [0.29, 0.717) is 28.9 Å². The van der Waals surface area contributed by atoms with Crippen molar-refractivity contribution in [2.45, 2.75) is 13.0 Å². The van der Waals surface area contributed by atoms with Crippen molar-refractivity contribution in [3.05, 3.63) is 27.5 Å². The number of benzene rings is 1. The SMILES string of the molecule is COc1c(C2CNCCO2)cc(Br)c(F)c1C. The van der Waals surface area contributed by atoms with Crippen LogP contribution in [0.3, 0.4) is 0 Å². The molecule has 17 heavy (non-hydrogen) atoms. The summed E-state index contributed by atoms with van der Waals surface area (Å²) in [7, 11) is 1.55. The van der Waals surface area contributed by atoms with Gasteiger partial charge >= 0.3 is 0 Å². The van der Waals surface area contributed by atoms with Gasteiger partial charge in [0.2, 0.25) is 0 Å². The first-order valence-corrected chi connectivity index (χ1v) is 6.29. The van der Waals surface area contributed by atoms with E-state index < -0.39 is 0 Å². The molecule has 0 radical (unpaired) electrons. The van der Waals surface area contributed by atoms with Crippen LogP contribution in [0.25, 0.3) is 0 Å². The fraction of sp³-hybridized carbons (Fsp3) is 0.500. The summed E-state index contributed by atoms with van der Waals surface area (Å²) in [5, 5.41) is 3.25. The van der Waals surface area contributed by atoms with Gasteiger partial charge in [-0.2, -0.15) is 0 Å². The van der Waals surface area contributed by atoms with Gasteiger partial charge in [-0.1, -0.05) is 0 Å². The maximum atomic E-state index is 13.7. The molecule has 1 aromatic carbocycles. The van der Waals surface area contributed by atoms with E-state index in [9.17, 15) is 4.39 Å². The van der Waals surface area contributed by atoms with Gasteiger partial charge in [0.05, 0.1) is 24.3 Å². The Labute approximate surface area is 108 Å². The molecule has 1 fully saturated rings. The molecule has 0 spiro atoms. The van der Waals surface area contributed by atoms with E-state index in [1.54, 1.807) is 20.1 Å². The molecule has 2 rings (SSSR count). The fourth-order valence-corrected chi connectivity index (χ4v) is 2.58. The number of nitrogens with one attached hydrogen (secondary N) is 1. The van der Waals surface area contributed by atoms with Gasteiger partial charge in [-0.25, -0.2) is 4.39 Å². The van der Waals surface area contributed by atoms with Gasteiger partial charge < -0.3 is 14.8 Å². The number of methoxy groups -OCH3 is 1. The molecular weight excluding hydrogens is 289 g/mol. The molecule has 1 unspecified atom stereocenters. The lowest BCUT2D eigenvalue weighted by atomic mass is 10.0. The lowest BCUT2D eigenvalue weighted by Gasteiger charge is -2.26. The first-order chi connectivity index (χ1) is 8.15. The van der Waals surface area contributed by atoms with Crippen molar-refractivity contribution >= 4 is 15.9 Å². The highest BCUT2D eigenvalue weighted by atomic mass is 79.9. The zero-order valence-electron chi connectivity index (χ0n) is 9.85. The predicted molar refractivity (Wildman–Crippen MR) is 67.0 cm³/mol. The van der Waals surface area contributed by atoms with Crippen molar-refractivity contribution in [1.29, 1.82) is 0 Å². The molecule has 1 aromatic rings. The Kier molecular flexibility index (Phi) is 4.01. The maximum Gasteiger partial charge on any atom is 0.143 e. The Morgan fingerprint density at radius 1 is 1.59 bits per heavy atom. The lowest BCUT2D eigenvalue weighted by Crippen LogP contribution is -2.33. The van der Waals surface area contributed by atoms with Crippen molar-refractivity contribution in [3.8, 4) is 5.75 Å². The van der Waals surface area contributed by atoms with E-state index in [2.05, 4.69) is 21.2 Å². The Balaban J connectivity index is 2.44. The third-order valence-electron chi connectivity index (χ3n) is 2.90. The van der Waals surface area contributed by atoms with Crippen molar-refractivity contribution in [1.82, 2.24) is 5.32 Å². The molecule has 5 heteroatoms. The molecule has 0 amide bonds. The van der Waals surface area contributed by atoms with Gasteiger partial charge in [-0.15, -0.1) is 0 Å². The molecule has 0 saturated carbocycles. The van der Waals surface area contributed by atoms with Gasteiger partial charge in [0, 0.05) is 24.2 Å². The van der Waals surface area contributed by atoms with Crippen LogP contribution in [0.5, 0.6) is 5.75 Å². The molecule has 1 heterocycles. The van der Waals surface area contributed by atoms with E-state index in [4.69, 9.17) is 9.47 Å². The van der Waals surface area contributed by atoms with Crippen LogP contribution < -0.4 is 10.1 Å². The third kappa shape index (κ3) is 2.46. The zero-order valence-corrected chi connectivity index (χ0v) is 11.4. The van der Waals surface area contributed by atoms with Gasteiger partial charge in [0.25, 0.3) is 0 Å². The highest BCUT2D eigenvalue weighted by Gasteiger charge is 2.23. The highest BCUT2D eigenvalue weighted by molar-refractivity contribution is 9.10. The summed E-state index contributed by atoms with van der Waals surface area (Å²) < 4.78 is 25.2. The van der Waals surface area contributed by atoms with Crippen LogP contribution in [0.1, 0.15) is 17.2 Å². The van der Waals surface area contributed by atoms with E-state index in [1.165, 1.54) is 0 Å². The van der Waals surface area contributed by atoms with Crippen LogP contribution >= 0.6 is 15.9 Å². The Morgan fingerprint density at radius 2 is 2.35 bits per heavy atom. The number of morpholine rings is 1. The molecule has 1 aliphatic heterocycles. The molecular formula is C12H15BrFNO2. The standard InChI is InChI=1S/C12H15BrFNO2/c1-7-11(14)9(13)5-8(12(7)16-2)10-6-15-3-4-17-10/h5,10,15H,3-4,6H2,1-2H3. The molecule has 1 N–H and O–H groups in total. The van der Waals surface area contributed by atoms with Crippen LogP contribution in [0, 0.1) is 12.7 Å². The van der Waals surface area contributed by atoms with Crippen molar-refractivity contribution in [2.24, 2.45) is 0 Å². The van der Waals surface area contributed by atoms with Gasteiger partial charge in [0.15, 0.2) is 0 Å². The minimum atomic E-state index is -0.283. The molecule has 0 aromatic heterocycles. The second-order valence-electron chi connectivity index (χ2n) is 3.98. The Bertz CT molecular complexity index is 419. The zero-order chi connectivity index (χ0) is 12.4. The first-order valence-electron chi connectivity index (χ1n) is 5.50. The average molecular weight is 304 g/mol. The molecule has 1 aliphatic rings. The smallest absolute Gasteiger partial charge is 0.143 e. The summed E-state index contributed by atoms with van der Waals surface area (Å²) in [6.45, 7) is 3.93. The van der Waals surface area contributed by atoms with E-state index in [1.807, 2.05) is 0 Å². The predicted octanol–water partition coefficient (Wildman–Crippen LogP) is 2.57. The molecule has 1 saturated heterocycles. The molecule has 1 atom stereocenters. The maximum absolute atomic E-state index is 13.7. The lowest BCUT2D eigenvalue weighted by molar-refractivity contribution is 0.0261. The normalized spacial score (nSPS) is 20.4. The van der Waals surface area contributed by atoms with Crippen molar-refractivity contribution in [3.63, 3.8) is 0 Å². The van der Waals surface area contributed by atoms with Gasteiger partial charge in [-0.05, 0) is 28.9 Å². The topological polar surface area (TPSA) is 30.5 Å². The van der Waals surface area contributed by atoms with E-state index >= 15 is 0 Å². The molecule has 3 nitrogen and oxygen atoms in total. The largest absolute Gasteiger partial charge is 0.496 e. The minimum Gasteiger partial charge on any atom is -0.496 e. The quantitative estimate of drug-likeness (QED) is 0.911. The minimum absolute atomic E-state index is 0.0886. The molecule has 0 aliphatic carbocycles. The second-order valence-corrected chi connectivity index (χ2v) is 4.84.